The summed E-state index contributed by atoms with van der Waals surface area (Å²) in [7, 11) is 0. The zero-order valence-electron chi connectivity index (χ0n) is 9.09. The van der Waals surface area contributed by atoms with Crippen molar-refractivity contribution in [3.8, 4) is 0 Å². The Labute approximate surface area is 92.9 Å². The minimum atomic E-state index is -4.15. The molecule has 2 rings (SSSR count). The number of nitrogens with one attached hydrogen (secondary N) is 1. The fourth-order valence-electron chi connectivity index (χ4n) is 2.34. The standard InChI is InChI=1S/C10H17F3N2O/c11-10(12,13)9-6-14-3-4-15(9)7-8-2-1-5-16-8/h8-9,14H,1-7H2. The van der Waals surface area contributed by atoms with Gasteiger partial charge < -0.3 is 10.1 Å². The zero-order valence-corrected chi connectivity index (χ0v) is 9.09. The Kier molecular flexibility index (Phi) is 3.71. The highest BCUT2D eigenvalue weighted by Gasteiger charge is 2.45. The summed E-state index contributed by atoms with van der Waals surface area (Å²) in [6.45, 7) is 2.17. The average molecular weight is 238 g/mol. The monoisotopic (exact) mass is 238 g/mol. The number of hydrogen-bond acceptors (Lipinski definition) is 3. The number of halogens is 3. The van der Waals surface area contributed by atoms with Crippen LogP contribution < -0.4 is 5.32 Å². The second-order valence-electron chi connectivity index (χ2n) is 4.39. The molecule has 6 heteroatoms. The van der Waals surface area contributed by atoms with Crippen LogP contribution in [0.15, 0.2) is 0 Å². The third-order valence-corrected chi connectivity index (χ3v) is 3.19. The molecular weight excluding hydrogens is 221 g/mol. The van der Waals surface area contributed by atoms with Crippen LogP contribution in [0.5, 0.6) is 0 Å². The van der Waals surface area contributed by atoms with Crippen LogP contribution in [-0.2, 0) is 4.74 Å². The molecule has 2 fully saturated rings. The molecule has 2 saturated heterocycles. The van der Waals surface area contributed by atoms with E-state index >= 15 is 0 Å². The third-order valence-electron chi connectivity index (χ3n) is 3.19. The van der Waals surface area contributed by atoms with E-state index in [4.69, 9.17) is 4.74 Å². The van der Waals surface area contributed by atoms with Crippen molar-refractivity contribution in [3.63, 3.8) is 0 Å². The van der Waals surface area contributed by atoms with Crippen LogP contribution in [0.4, 0.5) is 13.2 Å². The first-order chi connectivity index (χ1) is 7.57. The number of hydrogen-bond donors (Lipinski definition) is 1. The fourth-order valence-corrected chi connectivity index (χ4v) is 2.34. The highest BCUT2D eigenvalue weighted by atomic mass is 19.4. The van der Waals surface area contributed by atoms with Gasteiger partial charge >= 0.3 is 6.18 Å². The maximum atomic E-state index is 12.7. The molecule has 2 unspecified atom stereocenters. The quantitative estimate of drug-likeness (QED) is 0.776. The minimum Gasteiger partial charge on any atom is -0.377 e. The van der Waals surface area contributed by atoms with Crippen molar-refractivity contribution in [2.24, 2.45) is 0 Å². The molecule has 3 nitrogen and oxygen atoms in total. The van der Waals surface area contributed by atoms with Gasteiger partial charge in [-0.15, -0.1) is 0 Å². The molecular formula is C10H17F3N2O. The first-order valence-corrected chi connectivity index (χ1v) is 5.70. The van der Waals surface area contributed by atoms with Gasteiger partial charge in [-0.3, -0.25) is 4.90 Å². The Morgan fingerprint density at radius 1 is 1.38 bits per heavy atom. The molecule has 2 aliphatic heterocycles. The van der Waals surface area contributed by atoms with E-state index in [2.05, 4.69) is 5.32 Å². The molecule has 2 aliphatic rings. The second-order valence-corrected chi connectivity index (χ2v) is 4.39. The SMILES string of the molecule is FC(F)(F)C1CNCCN1CC1CCCO1. The lowest BCUT2D eigenvalue weighted by molar-refractivity contribution is -0.190. The van der Waals surface area contributed by atoms with Gasteiger partial charge in [-0.1, -0.05) is 0 Å². The molecule has 2 heterocycles. The zero-order chi connectivity index (χ0) is 11.6. The Morgan fingerprint density at radius 2 is 2.19 bits per heavy atom. The number of nitrogens with zero attached hydrogens (tertiary/aromatic N) is 1. The highest BCUT2D eigenvalue weighted by Crippen LogP contribution is 2.27. The van der Waals surface area contributed by atoms with Crippen LogP contribution in [-0.4, -0.2) is 56.0 Å². The van der Waals surface area contributed by atoms with Crippen molar-refractivity contribution in [1.29, 1.82) is 0 Å². The average Bonchev–Trinajstić information content (AvgIpc) is 2.70. The lowest BCUT2D eigenvalue weighted by Gasteiger charge is -2.38. The molecule has 0 aliphatic carbocycles. The van der Waals surface area contributed by atoms with Gasteiger partial charge in [0.25, 0.3) is 0 Å². The van der Waals surface area contributed by atoms with Gasteiger partial charge in [0, 0.05) is 32.8 Å². The van der Waals surface area contributed by atoms with Crippen LogP contribution >= 0.6 is 0 Å². The predicted octanol–water partition coefficient (Wildman–Crippen LogP) is 1.00. The summed E-state index contributed by atoms with van der Waals surface area (Å²) in [6.07, 6.45) is -2.31. The molecule has 1 N–H and O–H groups in total. The highest BCUT2D eigenvalue weighted by molar-refractivity contribution is 4.87. The van der Waals surface area contributed by atoms with E-state index in [1.165, 1.54) is 4.90 Å². The minimum absolute atomic E-state index is 0.00375. The summed E-state index contributed by atoms with van der Waals surface area (Å²) in [4.78, 5) is 1.51. The van der Waals surface area contributed by atoms with Crippen molar-refractivity contribution in [1.82, 2.24) is 10.2 Å². The third kappa shape index (κ3) is 2.87. The lowest BCUT2D eigenvalue weighted by Crippen LogP contribution is -2.59. The lowest BCUT2D eigenvalue weighted by atomic mass is 10.1. The molecule has 0 spiro atoms. The van der Waals surface area contributed by atoms with E-state index in [9.17, 15) is 13.2 Å². The van der Waals surface area contributed by atoms with Crippen molar-refractivity contribution < 1.29 is 17.9 Å². The number of piperazine rings is 1. The Hall–Kier alpha value is -0.330. The van der Waals surface area contributed by atoms with Gasteiger partial charge in [-0.05, 0) is 12.8 Å². The van der Waals surface area contributed by atoms with E-state index in [0.29, 0.717) is 26.2 Å². The van der Waals surface area contributed by atoms with E-state index in [-0.39, 0.29) is 12.6 Å². The smallest absolute Gasteiger partial charge is 0.377 e. The van der Waals surface area contributed by atoms with E-state index in [1.54, 1.807) is 0 Å². The van der Waals surface area contributed by atoms with Crippen LogP contribution in [0, 0.1) is 0 Å². The number of ether oxygens (including phenoxy) is 1. The van der Waals surface area contributed by atoms with Gasteiger partial charge in [0.05, 0.1) is 6.10 Å². The second kappa shape index (κ2) is 4.89. The molecule has 0 amide bonds. The van der Waals surface area contributed by atoms with Gasteiger partial charge in [-0.25, -0.2) is 0 Å². The van der Waals surface area contributed by atoms with Crippen LogP contribution in [0.25, 0.3) is 0 Å². The van der Waals surface area contributed by atoms with Crippen LogP contribution in [0.1, 0.15) is 12.8 Å². The van der Waals surface area contributed by atoms with Crippen molar-refractivity contribution in [2.45, 2.75) is 31.2 Å². The maximum Gasteiger partial charge on any atom is 0.405 e. The Balaban J connectivity index is 1.93. The molecule has 0 saturated carbocycles. The van der Waals surface area contributed by atoms with Gasteiger partial charge in [0.15, 0.2) is 0 Å². The molecule has 16 heavy (non-hydrogen) atoms. The van der Waals surface area contributed by atoms with Crippen molar-refractivity contribution >= 4 is 0 Å². The summed E-state index contributed by atoms with van der Waals surface area (Å²) < 4.78 is 43.6. The summed E-state index contributed by atoms with van der Waals surface area (Å²) in [5, 5.41) is 2.79. The van der Waals surface area contributed by atoms with E-state index in [0.717, 1.165) is 12.8 Å². The van der Waals surface area contributed by atoms with Crippen molar-refractivity contribution in [3.05, 3.63) is 0 Å². The molecule has 0 aromatic heterocycles. The Bertz CT molecular complexity index is 229. The normalized spacial score (nSPS) is 33.2. The number of alkyl halides is 3. The van der Waals surface area contributed by atoms with E-state index in [1.807, 2.05) is 0 Å². The Morgan fingerprint density at radius 3 is 2.81 bits per heavy atom. The van der Waals surface area contributed by atoms with Gasteiger partial charge in [-0.2, -0.15) is 13.2 Å². The van der Waals surface area contributed by atoms with Gasteiger partial charge in [0.1, 0.15) is 6.04 Å². The molecule has 0 bridgehead atoms. The molecule has 0 aromatic rings. The summed E-state index contributed by atoms with van der Waals surface area (Å²) in [6, 6.07) is -1.36. The maximum absolute atomic E-state index is 12.7. The topological polar surface area (TPSA) is 24.5 Å². The van der Waals surface area contributed by atoms with Crippen molar-refractivity contribution in [2.75, 3.05) is 32.8 Å². The molecule has 0 radical (unpaired) electrons. The summed E-state index contributed by atoms with van der Waals surface area (Å²) in [5.41, 5.74) is 0. The summed E-state index contributed by atoms with van der Waals surface area (Å²) >= 11 is 0. The first kappa shape index (κ1) is 12.1. The van der Waals surface area contributed by atoms with E-state index < -0.39 is 12.2 Å². The van der Waals surface area contributed by atoms with Crippen LogP contribution in [0.3, 0.4) is 0 Å². The molecule has 94 valence electrons. The molecule has 0 aromatic carbocycles. The largest absolute Gasteiger partial charge is 0.405 e. The fraction of sp³-hybridized carbons (Fsp3) is 1.00. The van der Waals surface area contributed by atoms with Gasteiger partial charge in [0.2, 0.25) is 0 Å². The first-order valence-electron chi connectivity index (χ1n) is 5.70. The predicted molar refractivity (Wildman–Crippen MR) is 53.3 cm³/mol. The molecule has 2 atom stereocenters. The van der Waals surface area contributed by atoms with Crippen LogP contribution in [0.2, 0.25) is 0 Å². The number of rotatable bonds is 2. The summed E-state index contributed by atoms with van der Waals surface area (Å²) in [5.74, 6) is 0.